The topological polar surface area (TPSA) is 43.4 Å². The minimum atomic E-state index is -3.35. The van der Waals surface area contributed by atoms with Crippen LogP contribution in [0.5, 0.6) is 5.75 Å². The first kappa shape index (κ1) is 27.9. The van der Waals surface area contributed by atoms with Crippen molar-refractivity contribution in [3.63, 3.8) is 0 Å². The highest BCUT2D eigenvalue weighted by molar-refractivity contribution is 7.85. The first-order chi connectivity index (χ1) is 19.2. The minimum Gasteiger partial charge on any atom is -0.484 e. The van der Waals surface area contributed by atoms with Crippen LogP contribution >= 0.6 is 14.3 Å². The van der Waals surface area contributed by atoms with E-state index in [-0.39, 0.29) is 11.8 Å². The molecule has 0 heterocycles. The second kappa shape index (κ2) is 11.5. The van der Waals surface area contributed by atoms with Gasteiger partial charge in [0.1, 0.15) is 12.1 Å². The van der Waals surface area contributed by atoms with E-state index in [9.17, 15) is 4.57 Å². The standard InChI is InChI=1S/C35H34O3P2/c1-35(2,3)28-24-25-33(38-27-39(36,29-16-8-4-9-17-29)30-18-10-5-11-19-30)34(26-28)40(37,31-20-12-6-13-21-31)32-22-14-7-15-23-32/h4-26H,27H2,1-3H3. The molecule has 3 nitrogen and oxygen atoms in total. The van der Waals surface area contributed by atoms with E-state index in [0.29, 0.717) is 11.1 Å². The fourth-order valence-corrected chi connectivity index (χ4v) is 9.88. The van der Waals surface area contributed by atoms with Crippen molar-refractivity contribution < 1.29 is 13.9 Å². The van der Waals surface area contributed by atoms with Crippen molar-refractivity contribution in [2.45, 2.75) is 26.2 Å². The predicted octanol–water partition coefficient (Wildman–Crippen LogP) is 6.97. The molecule has 5 rings (SSSR count). The van der Waals surface area contributed by atoms with E-state index >= 15 is 4.57 Å². The van der Waals surface area contributed by atoms with Crippen molar-refractivity contribution >= 4 is 40.8 Å². The Hall–Kier alpha value is -3.64. The summed E-state index contributed by atoms with van der Waals surface area (Å²) in [7, 11) is -6.51. The van der Waals surface area contributed by atoms with Crippen LogP contribution in [0.4, 0.5) is 0 Å². The summed E-state index contributed by atoms with van der Waals surface area (Å²) >= 11 is 0. The molecule has 0 radical (unpaired) electrons. The van der Waals surface area contributed by atoms with E-state index < -0.39 is 14.3 Å². The lowest BCUT2D eigenvalue weighted by molar-refractivity contribution is 0.382. The fraction of sp³-hybridized carbons (Fsp3) is 0.143. The Morgan fingerprint density at radius 1 is 0.550 bits per heavy atom. The molecule has 0 N–H and O–H groups in total. The predicted molar refractivity (Wildman–Crippen MR) is 170 cm³/mol. The first-order valence-corrected chi connectivity index (χ1v) is 17.0. The van der Waals surface area contributed by atoms with Crippen molar-refractivity contribution in [2.24, 2.45) is 0 Å². The molecule has 0 aliphatic rings. The molecular weight excluding hydrogens is 530 g/mol. The quantitative estimate of drug-likeness (QED) is 0.191. The smallest absolute Gasteiger partial charge is 0.178 e. The van der Waals surface area contributed by atoms with Gasteiger partial charge in [-0.15, -0.1) is 0 Å². The maximum absolute atomic E-state index is 15.4. The van der Waals surface area contributed by atoms with Crippen molar-refractivity contribution in [2.75, 3.05) is 6.35 Å². The van der Waals surface area contributed by atoms with Gasteiger partial charge in [0.25, 0.3) is 0 Å². The highest BCUT2D eigenvalue weighted by Gasteiger charge is 2.35. The summed E-state index contributed by atoms with van der Waals surface area (Å²) < 4.78 is 36.7. The zero-order valence-electron chi connectivity index (χ0n) is 23.1. The minimum absolute atomic E-state index is 0.0491. The summed E-state index contributed by atoms with van der Waals surface area (Å²) in [4.78, 5) is 0. The van der Waals surface area contributed by atoms with Gasteiger partial charge in [-0.3, -0.25) is 0 Å². The third kappa shape index (κ3) is 5.50. The van der Waals surface area contributed by atoms with E-state index in [4.69, 9.17) is 4.74 Å². The van der Waals surface area contributed by atoms with Gasteiger partial charge in [0, 0.05) is 21.2 Å². The van der Waals surface area contributed by atoms with Crippen LogP contribution in [0, 0.1) is 0 Å². The Morgan fingerprint density at radius 2 is 0.950 bits per heavy atom. The van der Waals surface area contributed by atoms with Gasteiger partial charge in [-0.25, -0.2) is 0 Å². The Kier molecular flexibility index (Phi) is 7.99. The van der Waals surface area contributed by atoms with Gasteiger partial charge < -0.3 is 13.9 Å². The molecule has 0 spiro atoms. The van der Waals surface area contributed by atoms with Gasteiger partial charge in [0.05, 0.1) is 5.30 Å². The Bertz CT molecular complexity index is 1570. The van der Waals surface area contributed by atoms with E-state index in [1.165, 1.54) is 0 Å². The van der Waals surface area contributed by atoms with Crippen LogP contribution in [0.25, 0.3) is 0 Å². The summed E-state index contributed by atoms with van der Waals surface area (Å²) in [6, 6.07) is 44.1. The number of benzene rings is 5. The van der Waals surface area contributed by atoms with Crippen molar-refractivity contribution in [1.29, 1.82) is 0 Å². The van der Waals surface area contributed by atoms with Crippen LogP contribution in [0.15, 0.2) is 140 Å². The second-order valence-corrected chi connectivity index (χ2v) is 16.4. The van der Waals surface area contributed by atoms with E-state index in [0.717, 1.165) is 26.8 Å². The third-order valence-electron chi connectivity index (χ3n) is 7.15. The summed E-state index contributed by atoms with van der Waals surface area (Å²) in [5, 5.41) is 3.52. The van der Waals surface area contributed by atoms with Crippen molar-refractivity contribution in [3.8, 4) is 5.75 Å². The van der Waals surface area contributed by atoms with Crippen LogP contribution in [0.3, 0.4) is 0 Å². The molecule has 0 bridgehead atoms. The molecule has 0 aliphatic heterocycles. The van der Waals surface area contributed by atoms with Gasteiger partial charge >= 0.3 is 0 Å². The van der Waals surface area contributed by atoms with Gasteiger partial charge in [-0.2, -0.15) is 0 Å². The first-order valence-electron chi connectivity index (χ1n) is 13.4. The molecule has 0 fully saturated rings. The van der Waals surface area contributed by atoms with Crippen molar-refractivity contribution in [3.05, 3.63) is 145 Å². The van der Waals surface area contributed by atoms with Gasteiger partial charge in [0.2, 0.25) is 0 Å². The number of hydrogen-bond donors (Lipinski definition) is 0. The van der Waals surface area contributed by atoms with E-state index in [1.54, 1.807) is 0 Å². The molecule has 5 heteroatoms. The molecule has 5 aromatic rings. The molecule has 0 saturated heterocycles. The lowest BCUT2D eigenvalue weighted by Gasteiger charge is -2.27. The zero-order chi connectivity index (χ0) is 28.2. The number of hydrogen-bond acceptors (Lipinski definition) is 3. The zero-order valence-corrected chi connectivity index (χ0v) is 24.9. The highest BCUT2D eigenvalue weighted by Crippen LogP contribution is 2.48. The fourth-order valence-electron chi connectivity index (χ4n) is 4.85. The maximum atomic E-state index is 15.4. The van der Waals surface area contributed by atoms with Crippen LogP contribution in [-0.4, -0.2) is 6.35 Å². The summed E-state index contributed by atoms with van der Waals surface area (Å²) in [5.74, 6) is 0.483. The number of rotatable bonds is 8. The molecule has 40 heavy (non-hydrogen) atoms. The monoisotopic (exact) mass is 564 g/mol. The Balaban J connectivity index is 1.69. The average molecular weight is 565 g/mol. The molecule has 0 amide bonds. The molecule has 0 aromatic heterocycles. The summed E-state index contributed by atoms with van der Waals surface area (Å²) in [5.41, 5.74) is 0.880. The molecule has 202 valence electrons. The third-order valence-corrected chi connectivity index (χ3v) is 13.0. The Labute approximate surface area is 237 Å². The molecular formula is C35H34O3P2. The normalized spacial score (nSPS) is 12.2. The van der Waals surface area contributed by atoms with Gasteiger partial charge in [-0.1, -0.05) is 148 Å². The van der Waals surface area contributed by atoms with Gasteiger partial charge in [-0.05, 0) is 23.1 Å². The van der Waals surface area contributed by atoms with Crippen LogP contribution in [0.2, 0.25) is 0 Å². The molecule has 0 aliphatic carbocycles. The van der Waals surface area contributed by atoms with Crippen molar-refractivity contribution in [1.82, 2.24) is 0 Å². The van der Waals surface area contributed by atoms with Crippen LogP contribution in [-0.2, 0) is 14.5 Å². The van der Waals surface area contributed by atoms with E-state index in [1.807, 2.05) is 140 Å². The van der Waals surface area contributed by atoms with Crippen LogP contribution < -0.4 is 31.3 Å². The van der Waals surface area contributed by atoms with Crippen LogP contribution in [0.1, 0.15) is 26.3 Å². The maximum Gasteiger partial charge on any atom is 0.178 e. The summed E-state index contributed by atoms with van der Waals surface area (Å²) in [6.07, 6.45) is -0.0491. The highest BCUT2D eigenvalue weighted by atomic mass is 31.2. The SMILES string of the molecule is CC(C)(C)c1ccc(OCP(=O)(c2ccccc2)c2ccccc2)c(P(=O)(c2ccccc2)c2ccccc2)c1. The molecule has 0 saturated carbocycles. The van der Waals surface area contributed by atoms with E-state index in [2.05, 4.69) is 20.8 Å². The lowest BCUT2D eigenvalue weighted by atomic mass is 9.87. The summed E-state index contributed by atoms with van der Waals surface area (Å²) in [6.45, 7) is 6.42. The lowest BCUT2D eigenvalue weighted by Crippen LogP contribution is -2.29. The average Bonchev–Trinajstić information content (AvgIpc) is 3.00. The molecule has 0 unspecified atom stereocenters. The number of ether oxygens (including phenoxy) is 1. The largest absolute Gasteiger partial charge is 0.484 e. The Morgan fingerprint density at radius 3 is 1.35 bits per heavy atom. The second-order valence-electron chi connectivity index (χ2n) is 10.9. The molecule has 0 atom stereocenters. The molecule has 5 aromatic carbocycles. The van der Waals surface area contributed by atoms with Gasteiger partial charge in [0.15, 0.2) is 14.3 Å².